The molecule has 3 aromatic heterocycles. The molecule has 13 rings (SSSR count). The van der Waals surface area contributed by atoms with Crippen LogP contribution in [0.15, 0.2) is 249 Å². The third-order valence-corrected chi connectivity index (χ3v) is 18.4. The second-order valence-electron chi connectivity index (χ2n) is 16.8. The summed E-state index contributed by atoms with van der Waals surface area (Å²) in [6.45, 7) is 0. The number of hydrogen-bond acceptors (Lipinski definition) is 0. The maximum atomic E-state index is 2.55. The number of para-hydroxylation sites is 6. The lowest BCUT2D eigenvalue weighted by Crippen LogP contribution is -2.74. The van der Waals surface area contributed by atoms with Gasteiger partial charge in [-0.3, -0.25) is 0 Å². The van der Waals surface area contributed by atoms with E-state index in [0.29, 0.717) is 0 Å². The molecule has 3 nitrogen and oxygen atoms in total. The van der Waals surface area contributed by atoms with Gasteiger partial charge in [-0.25, -0.2) is 0 Å². The molecule has 0 aliphatic carbocycles. The van der Waals surface area contributed by atoms with Crippen molar-refractivity contribution in [3.63, 3.8) is 0 Å². The van der Waals surface area contributed by atoms with Crippen LogP contribution in [0.25, 0.3) is 82.5 Å². The molecule has 0 aliphatic heterocycles. The molecule has 0 bridgehead atoms. The molecule has 0 radical (unpaired) electrons. The Bertz CT molecular complexity index is 3730. The number of hydrogen-bond donors (Lipinski definition) is 0. The predicted molar refractivity (Wildman–Crippen MR) is 273 cm³/mol. The summed E-state index contributed by atoms with van der Waals surface area (Å²) >= 11 is 0. The third kappa shape index (κ3) is 5.15. The largest absolute Gasteiger partial charge is 0.307 e. The van der Waals surface area contributed by atoms with Crippen molar-refractivity contribution in [3.05, 3.63) is 249 Å². The molecule has 0 fully saturated rings. The van der Waals surface area contributed by atoms with Gasteiger partial charge in [-0.1, -0.05) is 200 Å². The lowest BCUT2D eigenvalue weighted by atomic mass is 10.1. The molecule has 13 aromatic rings. The minimum absolute atomic E-state index is 1.12. The monoisotopic (exact) mass is 831 g/mol. The van der Waals surface area contributed by atoms with E-state index >= 15 is 0 Å². The van der Waals surface area contributed by atoms with Crippen molar-refractivity contribution in [1.29, 1.82) is 0 Å². The summed E-state index contributed by atoms with van der Waals surface area (Å²) in [4.78, 5) is 0. The fourth-order valence-corrected chi connectivity index (χ4v) is 16.1. The van der Waals surface area contributed by atoms with Crippen molar-refractivity contribution < 1.29 is 0 Å². The summed E-state index contributed by atoms with van der Waals surface area (Å²) < 4.78 is 7.55. The summed E-state index contributed by atoms with van der Waals surface area (Å²) in [5.41, 5.74) is 10.5. The van der Waals surface area contributed by atoms with Gasteiger partial charge in [0, 0.05) is 38.0 Å². The van der Waals surface area contributed by atoms with Crippen LogP contribution in [-0.2, 0) is 0 Å². The Morgan fingerprint density at radius 2 is 0.609 bits per heavy atom. The molecule has 0 aliphatic rings. The van der Waals surface area contributed by atoms with E-state index in [4.69, 9.17) is 0 Å². The van der Waals surface area contributed by atoms with Crippen molar-refractivity contribution >= 4 is 94.2 Å². The summed E-state index contributed by atoms with van der Waals surface area (Å²) in [6.07, 6.45) is 0. The molecular weight excluding hydrogens is 791 g/mol. The highest BCUT2D eigenvalue weighted by Gasteiger charge is 2.43. The zero-order valence-electron chi connectivity index (χ0n) is 35.0. The number of nitrogens with zero attached hydrogens (tertiary/aromatic N) is 3. The van der Waals surface area contributed by atoms with E-state index < -0.39 is 8.07 Å². The van der Waals surface area contributed by atoms with E-state index in [0.717, 1.165) is 17.1 Å². The normalized spacial score (nSPS) is 12.1. The van der Waals surface area contributed by atoms with Crippen LogP contribution in [0.3, 0.4) is 0 Å². The van der Waals surface area contributed by atoms with Crippen molar-refractivity contribution in [2.75, 3.05) is 0 Å². The van der Waals surface area contributed by atoms with Gasteiger partial charge in [0.15, 0.2) is 8.07 Å². The molecule has 0 spiro atoms. The molecule has 0 atom stereocenters. The Balaban J connectivity index is 1.19. The SMILES string of the molecule is c1ccc(-n2c3c(-n4c5ccccc5c5ccccc54)cccc3c3cccc(-n4c5ccccc5c5c([Si](c6ccccc6)(c6ccccc6)c6ccccc6)cccc54)c32)cc1. The van der Waals surface area contributed by atoms with Crippen LogP contribution in [0.1, 0.15) is 0 Å². The van der Waals surface area contributed by atoms with Crippen molar-refractivity contribution in [3.8, 4) is 17.1 Å². The van der Waals surface area contributed by atoms with Gasteiger partial charge in [0.1, 0.15) is 0 Å². The summed E-state index contributed by atoms with van der Waals surface area (Å²) in [7, 11) is -2.92. The first kappa shape index (κ1) is 36.5. The average molecular weight is 832 g/mol. The maximum Gasteiger partial charge on any atom is 0.180 e. The van der Waals surface area contributed by atoms with Crippen LogP contribution in [0.5, 0.6) is 0 Å². The van der Waals surface area contributed by atoms with E-state index in [9.17, 15) is 0 Å². The highest BCUT2D eigenvalue weighted by Crippen LogP contribution is 2.43. The fourth-order valence-electron chi connectivity index (χ4n) is 11.1. The first-order chi connectivity index (χ1) is 31.8. The summed E-state index contributed by atoms with van der Waals surface area (Å²) in [5, 5.41) is 12.9. The molecule has 0 saturated carbocycles. The minimum atomic E-state index is -2.92. The molecule has 300 valence electrons. The van der Waals surface area contributed by atoms with Crippen LogP contribution in [0, 0.1) is 0 Å². The Kier molecular flexibility index (Phi) is 8.23. The average Bonchev–Trinajstić information content (AvgIpc) is 4.02. The van der Waals surface area contributed by atoms with Gasteiger partial charge in [-0.05, 0) is 69.3 Å². The van der Waals surface area contributed by atoms with Crippen LogP contribution >= 0.6 is 0 Å². The van der Waals surface area contributed by atoms with Crippen LogP contribution in [-0.4, -0.2) is 21.8 Å². The van der Waals surface area contributed by atoms with Crippen molar-refractivity contribution in [1.82, 2.24) is 13.7 Å². The first-order valence-electron chi connectivity index (χ1n) is 22.1. The predicted octanol–water partition coefficient (Wildman–Crippen LogP) is 12.4. The van der Waals surface area contributed by atoms with Crippen molar-refractivity contribution in [2.24, 2.45) is 0 Å². The molecule has 0 amide bonds. The highest BCUT2D eigenvalue weighted by molar-refractivity contribution is 7.20. The van der Waals surface area contributed by atoms with E-state index in [1.54, 1.807) is 0 Å². The second-order valence-corrected chi connectivity index (χ2v) is 20.6. The van der Waals surface area contributed by atoms with Crippen molar-refractivity contribution in [2.45, 2.75) is 0 Å². The van der Waals surface area contributed by atoms with E-state index in [-0.39, 0.29) is 0 Å². The maximum absolute atomic E-state index is 2.92. The molecule has 0 saturated heterocycles. The van der Waals surface area contributed by atoms with Gasteiger partial charge in [0.05, 0.1) is 44.5 Å². The first-order valence-corrected chi connectivity index (χ1v) is 24.1. The molecule has 0 unspecified atom stereocenters. The third-order valence-electron chi connectivity index (χ3n) is 13.6. The molecule has 3 heterocycles. The van der Waals surface area contributed by atoms with Gasteiger partial charge >= 0.3 is 0 Å². The molecule has 4 heteroatoms. The zero-order valence-corrected chi connectivity index (χ0v) is 36.0. The van der Waals surface area contributed by atoms with Crippen LogP contribution in [0.4, 0.5) is 0 Å². The molecule has 0 N–H and O–H groups in total. The van der Waals surface area contributed by atoms with Gasteiger partial charge in [-0.15, -0.1) is 0 Å². The van der Waals surface area contributed by atoms with Crippen LogP contribution < -0.4 is 20.7 Å². The second kappa shape index (κ2) is 14.5. The topological polar surface area (TPSA) is 14.8 Å². The van der Waals surface area contributed by atoms with Crippen LogP contribution in [0.2, 0.25) is 0 Å². The summed E-state index contributed by atoms with van der Waals surface area (Å²) in [6, 6.07) is 92.3. The smallest absolute Gasteiger partial charge is 0.180 e. The molecule has 10 aromatic carbocycles. The quantitative estimate of drug-likeness (QED) is 0.112. The Morgan fingerprint density at radius 1 is 0.250 bits per heavy atom. The molecule has 64 heavy (non-hydrogen) atoms. The number of benzene rings is 10. The lowest BCUT2D eigenvalue weighted by Gasteiger charge is -2.35. The highest BCUT2D eigenvalue weighted by atomic mass is 28.3. The summed E-state index contributed by atoms with van der Waals surface area (Å²) in [5.74, 6) is 0. The van der Waals surface area contributed by atoms with Gasteiger partial charge in [0.2, 0.25) is 0 Å². The number of fused-ring (bicyclic) bond motifs is 9. The minimum Gasteiger partial charge on any atom is -0.307 e. The van der Waals surface area contributed by atoms with Gasteiger partial charge in [-0.2, -0.15) is 0 Å². The van der Waals surface area contributed by atoms with Gasteiger partial charge < -0.3 is 13.7 Å². The lowest BCUT2D eigenvalue weighted by molar-refractivity contribution is 1.11. The van der Waals surface area contributed by atoms with E-state index in [1.807, 2.05) is 0 Å². The Morgan fingerprint density at radius 3 is 1.11 bits per heavy atom. The standard InChI is InChI=1S/C60H41N3Si/c1-5-22-42(23-6-1)61-59-48(33-19-39-55(59)62-51-35-16-13-30-46(51)47-31-14-17-36-52(47)62)49-34-20-40-56(60(49)61)63-53-37-18-15-32-50(53)58-54(63)38-21-41-57(58)64(43-24-7-2-8-25-43,44-26-9-3-10-27-44)45-28-11-4-12-29-45/h1-41H. The number of aromatic nitrogens is 3. The van der Waals surface area contributed by atoms with E-state index in [2.05, 4.69) is 262 Å². The number of rotatable bonds is 7. The zero-order chi connectivity index (χ0) is 42.2. The Labute approximate surface area is 372 Å². The fraction of sp³-hybridized carbons (Fsp3) is 0. The van der Waals surface area contributed by atoms with E-state index in [1.165, 1.54) is 86.2 Å². The van der Waals surface area contributed by atoms with Gasteiger partial charge in [0.25, 0.3) is 0 Å². The molecular formula is C60H41N3Si. The Hall–Kier alpha value is -8.18.